The van der Waals surface area contributed by atoms with Gasteiger partial charge in [-0.3, -0.25) is 0 Å². The molecule has 0 atom stereocenters. The van der Waals surface area contributed by atoms with E-state index in [2.05, 4.69) is 16.4 Å². The molecular weight excluding hydrogens is 258 g/mol. The van der Waals surface area contributed by atoms with Gasteiger partial charge in [-0.05, 0) is 56.2 Å². The summed E-state index contributed by atoms with van der Waals surface area (Å²) in [6.07, 6.45) is 0. The van der Waals surface area contributed by atoms with Crippen molar-refractivity contribution in [2.75, 3.05) is 5.32 Å². The molecule has 0 fully saturated rings. The molecule has 0 radical (unpaired) electrons. The summed E-state index contributed by atoms with van der Waals surface area (Å²) in [7, 11) is 0. The molecule has 19 heavy (non-hydrogen) atoms. The third kappa shape index (κ3) is 2.86. The van der Waals surface area contributed by atoms with Crippen LogP contribution in [0.2, 0.25) is 5.02 Å². The van der Waals surface area contributed by atoms with Crippen molar-refractivity contribution in [1.82, 2.24) is 4.98 Å². The largest absolute Gasteiger partial charge is 0.339 e. The lowest BCUT2D eigenvalue weighted by molar-refractivity contribution is 1.16. The summed E-state index contributed by atoms with van der Waals surface area (Å²) in [6, 6.07) is 9.66. The fraction of sp³-hybridized carbons (Fsp3) is 0.200. The minimum absolute atomic E-state index is 0.569. The van der Waals surface area contributed by atoms with Crippen LogP contribution in [-0.4, -0.2) is 4.98 Å². The zero-order valence-electron chi connectivity index (χ0n) is 11.1. The molecule has 0 amide bonds. The van der Waals surface area contributed by atoms with Crippen molar-refractivity contribution in [2.24, 2.45) is 0 Å². The molecule has 1 aromatic carbocycles. The van der Waals surface area contributed by atoms with Gasteiger partial charge in [-0.25, -0.2) is 4.98 Å². The van der Waals surface area contributed by atoms with E-state index in [1.54, 1.807) is 0 Å². The zero-order chi connectivity index (χ0) is 14.0. The van der Waals surface area contributed by atoms with Crippen molar-refractivity contribution < 1.29 is 0 Å². The fourth-order valence-electron chi connectivity index (χ4n) is 1.96. The molecule has 2 rings (SSSR count). The molecule has 0 saturated carbocycles. The summed E-state index contributed by atoms with van der Waals surface area (Å²) in [4.78, 5) is 4.40. The molecule has 0 unspecified atom stereocenters. The van der Waals surface area contributed by atoms with E-state index < -0.39 is 0 Å². The van der Waals surface area contributed by atoms with Gasteiger partial charge in [-0.1, -0.05) is 11.6 Å². The molecule has 96 valence electrons. The summed E-state index contributed by atoms with van der Waals surface area (Å²) in [5, 5.41) is 13.1. The lowest BCUT2D eigenvalue weighted by Crippen LogP contribution is -2.01. The van der Waals surface area contributed by atoms with E-state index in [1.807, 2.05) is 45.0 Å². The Morgan fingerprint density at radius 1 is 1.16 bits per heavy atom. The Labute approximate surface area is 117 Å². The van der Waals surface area contributed by atoms with E-state index in [-0.39, 0.29) is 0 Å². The summed E-state index contributed by atoms with van der Waals surface area (Å²) >= 11 is 5.93. The number of hydrogen-bond acceptors (Lipinski definition) is 3. The van der Waals surface area contributed by atoms with Gasteiger partial charge in [-0.15, -0.1) is 0 Å². The standard InChI is InChI=1S/C15H14ClN3/c1-9-6-11(3)18-15(13(9)8-17)19-14-5-4-12(16)7-10(14)2/h4-7H,1-3H3,(H,18,19). The van der Waals surface area contributed by atoms with Crippen LogP contribution >= 0.6 is 11.6 Å². The third-order valence-corrected chi connectivity index (χ3v) is 3.13. The lowest BCUT2D eigenvalue weighted by atomic mass is 10.1. The summed E-state index contributed by atoms with van der Waals surface area (Å²) in [5.74, 6) is 0.588. The Morgan fingerprint density at radius 3 is 2.53 bits per heavy atom. The van der Waals surface area contributed by atoms with Gasteiger partial charge in [0.05, 0.1) is 5.56 Å². The topological polar surface area (TPSA) is 48.7 Å². The lowest BCUT2D eigenvalue weighted by Gasteiger charge is -2.12. The van der Waals surface area contributed by atoms with Crippen LogP contribution in [0.5, 0.6) is 0 Å². The van der Waals surface area contributed by atoms with E-state index in [9.17, 15) is 5.26 Å². The van der Waals surface area contributed by atoms with Crippen LogP contribution in [-0.2, 0) is 0 Å². The first-order valence-corrected chi connectivity index (χ1v) is 6.30. The molecular formula is C15H14ClN3. The van der Waals surface area contributed by atoms with Crippen molar-refractivity contribution in [2.45, 2.75) is 20.8 Å². The minimum Gasteiger partial charge on any atom is -0.339 e. The Balaban J connectivity index is 2.46. The quantitative estimate of drug-likeness (QED) is 0.887. The second kappa shape index (κ2) is 5.29. The van der Waals surface area contributed by atoms with Crippen molar-refractivity contribution >= 4 is 23.1 Å². The molecule has 0 saturated heterocycles. The average Bonchev–Trinajstić information content (AvgIpc) is 2.32. The van der Waals surface area contributed by atoms with Crippen LogP contribution in [0.15, 0.2) is 24.3 Å². The molecule has 4 heteroatoms. The normalized spacial score (nSPS) is 10.1. The Bertz CT molecular complexity index is 672. The van der Waals surface area contributed by atoms with E-state index in [0.717, 1.165) is 22.5 Å². The van der Waals surface area contributed by atoms with Gasteiger partial charge in [0.25, 0.3) is 0 Å². The molecule has 0 aliphatic carbocycles. The number of aryl methyl sites for hydroxylation is 3. The molecule has 0 aliphatic rings. The highest BCUT2D eigenvalue weighted by atomic mass is 35.5. The molecule has 3 nitrogen and oxygen atoms in total. The summed E-state index contributed by atoms with van der Waals surface area (Å²) in [6.45, 7) is 5.78. The number of pyridine rings is 1. The summed E-state index contributed by atoms with van der Waals surface area (Å²) < 4.78 is 0. The Kier molecular flexibility index (Phi) is 3.73. The van der Waals surface area contributed by atoms with Crippen molar-refractivity contribution in [3.63, 3.8) is 0 Å². The molecule has 1 heterocycles. The van der Waals surface area contributed by atoms with Gasteiger partial charge in [0.1, 0.15) is 11.9 Å². The highest BCUT2D eigenvalue weighted by molar-refractivity contribution is 6.30. The van der Waals surface area contributed by atoms with Crippen LogP contribution in [0.1, 0.15) is 22.4 Å². The van der Waals surface area contributed by atoms with Gasteiger partial charge >= 0.3 is 0 Å². The van der Waals surface area contributed by atoms with Crippen molar-refractivity contribution in [3.8, 4) is 6.07 Å². The van der Waals surface area contributed by atoms with E-state index in [1.165, 1.54) is 0 Å². The maximum atomic E-state index is 9.23. The highest BCUT2D eigenvalue weighted by Gasteiger charge is 2.09. The van der Waals surface area contributed by atoms with E-state index in [4.69, 9.17) is 11.6 Å². The van der Waals surface area contributed by atoms with Gasteiger partial charge in [0.15, 0.2) is 0 Å². The number of anilines is 2. The second-order valence-electron chi connectivity index (χ2n) is 4.50. The zero-order valence-corrected chi connectivity index (χ0v) is 11.8. The van der Waals surface area contributed by atoms with Crippen LogP contribution < -0.4 is 5.32 Å². The molecule has 1 N–H and O–H groups in total. The molecule has 0 spiro atoms. The predicted octanol–water partition coefficient (Wildman–Crippen LogP) is 4.28. The van der Waals surface area contributed by atoms with Gasteiger partial charge in [-0.2, -0.15) is 5.26 Å². The smallest absolute Gasteiger partial charge is 0.148 e. The number of nitrogens with one attached hydrogen (secondary N) is 1. The number of rotatable bonds is 2. The highest BCUT2D eigenvalue weighted by Crippen LogP contribution is 2.26. The minimum atomic E-state index is 0.569. The van der Waals surface area contributed by atoms with Crippen LogP contribution in [0.25, 0.3) is 0 Å². The van der Waals surface area contributed by atoms with Crippen LogP contribution in [0, 0.1) is 32.1 Å². The van der Waals surface area contributed by atoms with Gasteiger partial charge in [0.2, 0.25) is 0 Å². The third-order valence-electron chi connectivity index (χ3n) is 2.90. The SMILES string of the molecule is Cc1cc(C)c(C#N)c(Nc2ccc(Cl)cc2C)n1. The van der Waals surface area contributed by atoms with Crippen molar-refractivity contribution in [1.29, 1.82) is 5.26 Å². The van der Waals surface area contributed by atoms with Gasteiger partial charge < -0.3 is 5.32 Å². The fourth-order valence-corrected chi connectivity index (χ4v) is 2.19. The van der Waals surface area contributed by atoms with Crippen LogP contribution in [0.4, 0.5) is 11.5 Å². The van der Waals surface area contributed by atoms with Gasteiger partial charge in [0, 0.05) is 16.4 Å². The second-order valence-corrected chi connectivity index (χ2v) is 4.94. The Hall–Kier alpha value is -2.05. The van der Waals surface area contributed by atoms with Crippen molar-refractivity contribution in [3.05, 3.63) is 51.7 Å². The molecule has 2 aromatic rings. The summed E-state index contributed by atoms with van der Waals surface area (Å²) in [5.41, 5.74) is 4.28. The number of hydrogen-bond donors (Lipinski definition) is 1. The molecule has 0 bridgehead atoms. The first-order chi connectivity index (χ1) is 9.01. The first-order valence-electron chi connectivity index (χ1n) is 5.93. The number of nitriles is 1. The number of benzene rings is 1. The maximum absolute atomic E-state index is 9.23. The Morgan fingerprint density at radius 2 is 1.89 bits per heavy atom. The van der Waals surface area contributed by atoms with E-state index >= 15 is 0 Å². The number of nitrogens with zero attached hydrogens (tertiary/aromatic N) is 2. The average molecular weight is 272 g/mol. The first kappa shape index (κ1) is 13.4. The predicted molar refractivity (Wildman–Crippen MR) is 77.9 cm³/mol. The maximum Gasteiger partial charge on any atom is 0.148 e. The monoisotopic (exact) mass is 271 g/mol. The number of halogens is 1. The molecule has 1 aromatic heterocycles. The van der Waals surface area contributed by atoms with E-state index in [0.29, 0.717) is 16.4 Å². The van der Waals surface area contributed by atoms with Crippen LogP contribution in [0.3, 0.4) is 0 Å². The number of aromatic nitrogens is 1. The molecule has 0 aliphatic heterocycles.